The van der Waals surface area contributed by atoms with E-state index in [0.29, 0.717) is 5.92 Å². The number of rotatable bonds is 3. The topological polar surface area (TPSA) is 46.2 Å². The lowest BCUT2D eigenvalue weighted by atomic mass is 9.94. The van der Waals surface area contributed by atoms with Crippen LogP contribution in [0.15, 0.2) is 12.2 Å². The molecule has 1 saturated carbocycles. The Balaban J connectivity index is 1.92. The highest BCUT2D eigenvalue weighted by atomic mass is 32.2. The minimum absolute atomic E-state index is 0.00660. The standard InChI is InChI=1S/C9H12F3NO2S/c10-9(11,12)16(14,15)13-5-8-4-6-1-2-7(8)3-6/h1-2,6-8,13H,3-5H2/t6-,7-,8+/m0/s1. The van der Waals surface area contributed by atoms with Gasteiger partial charge in [-0.1, -0.05) is 12.2 Å². The molecule has 0 amide bonds. The molecule has 1 N–H and O–H groups in total. The highest BCUT2D eigenvalue weighted by Crippen LogP contribution is 2.43. The Morgan fingerprint density at radius 1 is 1.25 bits per heavy atom. The summed E-state index contributed by atoms with van der Waals surface area (Å²) in [5.74, 6) is 0.665. The second-order valence-corrected chi connectivity index (χ2v) is 6.10. The monoisotopic (exact) mass is 255 g/mol. The van der Waals surface area contributed by atoms with Gasteiger partial charge in [0.05, 0.1) is 0 Å². The van der Waals surface area contributed by atoms with E-state index < -0.39 is 15.5 Å². The average molecular weight is 255 g/mol. The zero-order valence-corrected chi connectivity index (χ0v) is 9.18. The summed E-state index contributed by atoms with van der Waals surface area (Å²) in [6.45, 7) is -0.118. The molecule has 0 heterocycles. The SMILES string of the molecule is O=S(=O)(NC[C@H]1C[C@H]2C=C[C@H]1C2)C(F)(F)F. The Bertz CT molecular complexity index is 401. The summed E-state index contributed by atoms with van der Waals surface area (Å²) < 4.78 is 59.3. The van der Waals surface area contributed by atoms with E-state index in [4.69, 9.17) is 0 Å². The first-order valence-electron chi connectivity index (χ1n) is 5.04. The van der Waals surface area contributed by atoms with Crippen LogP contribution in [0, 0.1) is 17.8 Å². The van der Waals surface area contributed by atoms with Crippen molar-refractivity contribution in [1.82, 2.24) is 4.72 Å². The van der Waals surface area contributed by atoms with Crippen molar-refractivity contribution in [2.75, 3.05) is 6.54 Å². The average Bonchev–Trinajstić information content (AvgIpc) is 2.73. The molecule has 3 nitrogen and oxygen atoms in total. The molecule has 0 aromatic rings. The summed E-state index contributed by atoms with van der Waals surface area (Å²) in [4.78, 5) is 0. The van der Waals surface area contributed by atoms with E-state index in [1.807, 2.05) is 6.08 Å². The fourth-order valence-electron chi connectivity index (χ4n) is 2.43. The maximum atomic E-state index is 12.0. The van der Waals surface area contributed by atoms with Crippen LogP contribution < -0.4 is 4.72 Å². The van der Waals surface area contributed by atoms with Crippen LogP contribution in [0.3, 0.4) is 0 Å². The smallest absolute Gasteiger partial charge is 0.207 e. The second kappa shape index (κ2) is 3.73. The highest BCUT2D eigenvalue weighted by molar-refractivity contribution is 7.90. The van der Waals surface area contributed by atoms with Crippen LogP contribution in [0.2, 0.25) is 0 Å². The fourth-order valence-corrected chi connectivity index (χ4v) is 3.03. The van der Waals surface area contributed by atoms with Gasteiger partial charge in [-0.25, -0.2) is 13.1 Å². The van der Waals surface area contributed by atoms with Crippen LogP contribution >= 0.6 is 0 Å². The van der Waals surface area contributed by atoms with Crippen LogP contribution in [0.25, 0.3) is 0 Å². The molecule has 0 aromatic carbocycles. The first-order valence-corrected chi connectivity index (χ1v) is 6.52. The van der Waals surface area contributed by atoms with Gasteiger partial charge >= 0.3 is 15.5 Å². The first kappa shape index (κ1) is 11.9. The number of alkyl halides is 3. The van der Waals surface area contributed by atoms with E-state index in [1.165, 1.54) is 0 Å². The predicted octanol–water partition coefficient (Wildman–Crippen LogP) is 1.64. The molecule has 2 bridgehead atoms. The van der Waals surface area contributed by atoms with Crippen LogP contribution in [0.1, 0.15) is 12.8 Å². The van der Waals surface area contributed by atoms with Crippen molar-refractivity contribution < 1.29 is 21.6 Å². The normalized spacial score (nSPS) is 33.6. The predicted molar refractivity (Wildman–Crippen MR) is 51.8 cm³/mol. The molecule has 0 saturated heterocycles. The summed E-state index contributed by atoms with van der Waals surface area (Å²) in [7, 11) is -5.18. The third kappa shape index (κ3) is 2.10. The molecule has 0 spiro atoms. The lowest BCUT2D eigenvalue weighted by Crippen LogP contribution is -2.39. The molecule has 7 heteroatoms. The van der Waals surface area contributed by atoms with Gasteiger partial charge in [-0.2, -0.15) is 13.2 Å². The summed E-state index contributed by atoms with van der Waals surface area (Å²) >= 11 is 0. The molecule has 0 radical (unpaired) electrons. The van der Waals surface area contributed by atoms with Crippen LogP contribution in [0.4, 0.5) is 13.2 Å². The van der Waals surface area contributed by atoms with Crippen LogP contribution in [0.5, 0.6) is 0 Å². The van der Waals surface area contributed by atoms with Crippen LogP contribution in [-0.4, -0.2) is 20.5 Å². The Hall–Kier alpha value is -0.560. The Kier molecular flexibility index (Phi) is 2.78. The molecule has 3 atom stereocenters. The number of allylic oxidation sites excluding steroid dienone is 2. The van der Waals surface area contributed by atoms with Gasteiger partial charge in [-0.05, 0) is 30.6 Å². The van der Waals surface area contributed by atoms with Gasteiger partial charge in [0.2, 0.25) is 0 Å². The zero-order chi connectivity index (χ0) is 12.0. The van der Waals surface area contributed by atoms with Gasteiger partial charge in [-0.15, -0.1) is 0 Å². The summed E-state index contributed by atoms with van der Waals surface area (Å²) in [6, 6.07) is 0. The van der Waals surface area contributed by atoms with Crippen molar-refractivity contribution >= 4 is 10.0 Å². The highest BCUT2D eigenvalue weighted by Gasteiger charge is 2.46. The largest absolute Gasteiger partial charge is 0.511 e. The summed E-state index contributed by atoms with van der Waals surface area (Å²) in [5, 5.41) is 0. The van der Waals surface area contributed by atoms with Gasteiger partial charge in [0.15, 0.2) is 0 Å². The molecule has 92 valence electrons. The summed E-state index contributed by atoms with van der Waals surface area (Å²) in [6.07, 6.45) is 5.75. The van der Waals surface area contributed by atoms with Gasteiger partial charge < -0.3 is 0 Å². The number of fused-ring (bicyclic) bond motifs is 2. The maximum Gasteiger partial charge on any atom is 0.511 e. The van der Waals surface area contributed by atoms with E-state index in [2.05, 4.69) is 6.08 Å². The number of sulfonamides is 1. The zero-order valence-electron chi connectivity index (χ0n) is 8.37. The number of nitrogens with one attached hydrogen (secondary N) is 1. The van der Waals surface area contributed by atoms with Crippen molar-refractivity contribution in [3.63, 3.8) is 0 Å². The molecule has 0 aromatic heterocycles. The third-order valence-corrected chi connectivity index (χ3v) is 4.41. The second-order valence-electron chi connectivity index (χ2n) is 4.34. The van der Waals surface area contributed by atoms with E-state index in [-0.39, 0.29) is 18.4 Å². The lowest BCUT2D eigenvalue weighted by Gasteiger charge is -2.18. The Morgan fingerprint density at radius 2 is 1.94 bits per heavy atom. The van der Waals surface area contributed by atoms with Crippen molar-refractivity contribution in [2.45, 2.75) is 18.3 Å². The molecule has 0 unspecified atom stereocenters. The first-order chi connectivity index (χ1) is 7.29. The van der Waals surface area contributed by atoms with Gasteiger partial charge in [0.1, 0.15) is 0 Å². The Labute approximate surface area is 91.8 Å². The quantitative estimate of drug-likeness (QED) is 0.779. The van der Waals surface area contributed by atoms with E-state index >= 15 is 0 Å². The molecule has 2 rings (SSSR count). The maximum absolute atomic E-state index is 12.0. The molecule has 0 aliphatic heterocycles. The minimum Gasteiger partial charge on any atom is -0.207 e. The van der Waals surface area contributed by atoms with Crippen LogP contribution in [-0.2, 0) is 10.0 Å². The molecule has 16 heavy (non-hydrogen) atoms. The summed E-state index contributed by atoms with van der Waals surface area (Å²) in [5.41, 5.74) is -5.21. The number of hydrogen-bond donors (Lipinski definition) is 1. The van der Waals surface area contributed by atoms with Gasteiger partial charge in [0, 0.05) is 6.54 Å². The molecular formula is C9H12F3NO2S. The minimum atomic E-state index is -5.21. The lowest BCUT2D eigenvalue weighted by molar-refractivity contribution is -0.0448. The van der Waals surface area contributed by atoms with Crippen molar-refractivity contribution in [1.29, 1.82) is 0 Å². The fraction of sp³-hybridized carbons (Fsp3) is 0.778. The third-order valence-electron chi connectivity index (χ3n) is 3.26. The van der Waals surface area contributed by atoms with E-state index in [9.17, 15) is 21.6 Å². The Morgan fingerprint density at radius 3 is 2.38 bits per heavy atom. The molecule has 2 aliphatic carbocycles. The van der Waals surface area contributed by atoms with Crippen molar-refractivity contribution in [3.05, 3.63) is 12.2 Å². The van der Waals surface area contributed by atoms with Crippen molar-refractivity contribution in [3.8, 4) is 0 Å². The molecule has 1 fully saturated rings. The van der Waals surface area contributed by atoms with E-state index in [0.717, 1.165) is 12.8 Å². The van der Waals surface area contributed by atoms with E-state index in [1.54, 1.807) is 4.72 Å². The van der Waals surface area contributed by atoms with Gasteiger partial charge in [-0.3, -0.25) is 0 Å². The molecule has 2 aliphatic rings. The number of halogens is 3. The van der Waals surface area contributed by atoms with Gasteiger partial charge in [0.25, 0.3) is 0 Å². The molecular weight excluding hydrogens is 243 g/mol. The number of hydrogen-bond acceptors (Lipinski definition) is 2. The van der Waals surface area contributed by atoms with Crippen molar-refractivity contribution in [2.24, 2.45) is 17.8 Å².